The maximum atomic E-state index is 12.6. The molecule has 8 nitrogen and oxygen atoms in total. The molecule has 0 aliphatic carbocycles. The molecule has 0 saturated carbocycles. The van der Waals surface area contributed by atoms with Crippen molar-refractivity contribution in [1.82, 2.24) is 20.3 Å². The highest BCUT2D eigenvalue weighted by molar-refractivity contribution is 5.83. The molecule has 1 heterocycles. The monoisotopic (exact) mass is 439 g/mol. The summed E-state index contributed by atoms with van der Waals surface area (Å²) in [6.07, 6.45) is 0. The summed E-state index contributed by atoms with van der Waals surface area (Å²) < 4.78 is 0. The Bertz CT molecular complexity index is 1110. The van der Waals surface area contributed by atoms with E-state index < -0.39 is 6.04 Å². The largest absolute Gasteiger partial charge is 0.350 e. The van der Waals surface area contributed by atoms with Crippen molar-refractivity contribution >= 4 is 35.1 Å². The Morgan fingerprint density at radius 3 is 1.67 bits per heavy atom. The zero-order chi connectivity index (χ0) is 22.9. The Labute approximate surface area is 192 Å². The normalized spacial score (nSPS) is 11.3. The molecule has 0 spiro atoms. The van der Waals surface area contributed by atoms with Crippen LogP contribution in [0.15, 0.2) is 91.0 Å². The Balaban J connectivity index is 1.49. The number of benzene rings is 3. The average Bonchev–Trinajstić information content (AvgIpc) is 2.84. The van der Waals surface area contributed by atoms with Gasteiger partial charge in [0.1, 0.15) is 6.04 Å². The van der Waals surface area contributed by atoms with Gasteiger partial charge in [0.2, 0.25) is 23.8 Å². The van der Waals surface area contributed by atoms with Gasteiger partial charge >= 0.3 is 0 Å². The van der Waals surface area contributed by atoms with Gasteiger partial charge in [0.25, 0.3) is 0 Å². The van der Waals surface area contributed by atoms with E-state index in [-0.39, 0.29) is 11.9 Å². The third kappa shape index (κ3) is 6.51. The molecule has 4 aromatic rings. The van der Waals surface area contributed by atoms with Crippen LogP contribution in [0.2, 0.25) is 0 Å². The first-order valence-electron chi connectivity index (χ1n) is 10.6. The molecule has 8 heteroatoms. The quantitative estimate of drug-likeness (QED) is 0.305. The van der Waals surface area contributed by atoms with Crippen molar-refractivity contribution in [3.63, 3.8) is 0 Å². The lowest BCUT2D eigenvalue weighted by molar-refractivity contribution is -0.121. The van der Waals surface area contributed by atoms with Gasteiger partial charge in [-0.2, -0.15) is 15.0 Å². The number of rotatable bonds is 9. The van der Waals surface area contributed by atoms with Crippen molar-refractivity contribution in [2.24, 2.45) is 0 Å². The molecule has 0 fully saturated rings. The van der Waals surface area contributed by atoms with Crippen LogP contribution < -0.4 is 21.3 Å². The van der Waals surface area contributed by atoms with Gasteiger partial charge in [-0.3, -0.25) is 4.79 Å². The molecule has 1 atom stereocenters. The van der Waals surface area contributed by atoms with Crippen molar-refractivity contribution in [1.29, 1.82) is 0 Å². The van der Waals surface area contributed by atoms with Crippen LogP contribution in [0.1, 0.15) is 12.5 Å². The van der Waals surface area contributed by atoms with Crippen molar-refractivity contribution in [3.05, 3.63) is 96.6 Å². The first-order chi connectivity index (χ1) is 16.2. The minimum atomic E-state index is -0.551. The Morgan fingerprint density at radius 1 is 0.697 bits per heavy atom. The fourth-order valence-corrected chi connectivity index (χ4v) is 3.05. The third-order valence-corrected chi connectivity index (χ3v) is 4.74. The maximum Gasteiger partial charge on any atom is 0.242 e. The molecule has 1 amide bonds. The summed E-state index contributed by atoms with van der Waals surface area (Å²) in [5.41, 5.74) is 2.71. The second-order valence-electron chi connectivity index (χ2n) is 7.36. The minimum absolute atomic E-state index is 0.158. The minimum Gasteiger partial charge on any atom is -0.350 e. The summed E-state index contributed by atoms with van der Waals surface area (Å²) in [5, 5.41) is 12.4. The summed E-state index contributed by atoms with van der Waals surface area (Å²) in [7, 11) is 0. The van der Waals surface area contributed by atoms with Crippen LogP contribution in [0.3, 0.4) is 0 Å². The summed E-state index contributed by atoms with van der Waals surface area (Å²) >= 11 is 0. The molecule has 4 rings (SSSR count). The molecule has 4 N–H and O–H groups in total. The smallest absolute Gasteiger partial charge is 0.242 e. The molecule has 3 aromatic carbocycles. The fourth-order valence-electron chi connectivity index (χ4n) is 3.05. The van der Waals surface area contributed by atoms with E-state index in [9.17, 15) is 4.79 Å². The summed E-state index contributed by atoms with van der Waals surface area (Å²) in [5.74, 6) is 0.835. The number of carbonyl (C=O) groups is 1. The third-order valence-electron chi connectivity index (χ3n) is 4.74. The van der Waals surface area contributed by atoms with E-state index in [4.69, 9.17) is 0 Å². The summed E-state index contributed by atoms with van der Waals surface area (Å²) in [6, 6.07) is 28.4. The van der Waals surface area contributed by atoms with E-state index in [2.05, 4.69) is 36.2 Å². The predicted molar refractivity (Wildman–Crippen MR) is 131 cm³/mol. The van der Waals surface area contributed by atoms with E-state index >= 15 is 0 Å². The van der Waals surface area contributed by atoms with Crippen LogP contribution in [0.25, 0.3) is 0 Å². The number of aromatic nitrogens is 3. The SMILES string of the molecule is CC(Nc1nc(Nc2ccccc2)nc(Nc2ccccc2)n1)C(=O)NCc1ccccc1. The highest BCUT2D eigenvalue weighted by atomic mass is 16.2. The van der Waals surface area contributed by atoms with E-state index in [1.807, 2.05) is 91.0 Å². The van der Waals surface area contributed by atoms with Gasteiger partial charge in [0, 0.05) is 17.9 Å². The molecule has 1 unspecified atom stereocenters. The van der Waals surface area contributed by atoms with Gasteiger partial charge in [-0.25, -0.2) is 0 Å². The van der Waals surface area contributed by atoms with Gasteiger partial charge in [0.05, 0.1) is 0 Å². The Hall–Kier alpha value is -4.46. The van der Waals surface area contributed by atoms with Crippen LogP contribution in [-0.2, 0) is 11.3 Å². The van der Waals surface area contributed by atoms with E-state index in [0.717, 1.165) is 16.9 Å². The zero-order valence-corrected chi connectivity index (χ0v) is 18.2. The van der Waals surface area contributed by atoms with Gasteiger partial charge in [-0.05, 0) is 36.8 Å². The number of hydrogen-bond donors (Lipinski definition) is 4. The van der Waals surface area contributed by atoms with Crippen LogP contribution in [0.4, 0.5) is 29.2 Å². The number of carbonyl (C=O) groups excluding carboxylic acids is 1. The standard InChI is InChI=1S/C25H25N7O/c1-18(22(33)26-17-19-11-5-2-6-12-19)27-23-30-24(28-20-13-7-3-8-14-20)32-25(31-23)29-21-15-9-4-10-16-21/h2-16,18H,17H2,1H3,(H,26,33)(H3,27,28,29,30,31,32). The maximum absolute atomic E-state index is 12.6. The van der Waals surface area contributed by atoms with Gasteiger partial charge in [-0.15, -0.1) is 0 Å². The second-order valence-corrected chi connectivity index (χ2v) is 7.36. The summed E-state index contributed by atoms with van der Waals surface area (Å²) in [4.78, 5) is 26.0. The van der Waals surface area contributed by atoms with Gasteiger partial charge in [-0.1, -0.05) is 66.7 Å². The van der Waals surface area contributed by atoms with Gasteiger partial charge < -0.3 is 21.3 Å². The first-order valence-corrected chi connectivity index (χ1v) is 10.6. The molecule has 0 saturated heterocycles. The number of amides is 1. The lowest BCUT2D eigenvalue weighted by atomic mass is 10.2. The average molecular weight is 440 g/mol. The van der Waals surface area contributed by atoms with Crippen molar-refractivity contribution in [2.45, 2.75) is 19.5 Å². The number of nitrogens with zero attached hydrogens (tertiary/aromatic N) is 3. The molecular weight excluding hydrogens is 414 g/mol. The zero-order valence-electron chi connectivity index (χ0n) is 18.2. The molecule has 0 radical (unpaired) electrons. The van der Waals surface area contributed by atoms with Crippen molar-refractivity contribution in [3.8, 4) is 0 Å². The first kappa shape index (κ1) is 21.8. The Morgan fingerprint density at radius 2 is 1.15 bits per heavy atom. The molecule has 0 aliphatic rings. The number of nitrogens with one attached hydrogen (secondary N) is 4. The van der Waals surface area contributed by atoms with Crippen LogP contribution >= 0.6 is 0 Å². The topological polar surface area (TPSA) is 104 Å². The molecule has 0 bridgehead atoms. The second kappa shape index (κ2) is 10.7. The lowest BCUT2D eigenvalue weighted by Crippen LogP contribution is -2.37. The molecule has 166 valence electrons. The van der Waals surface area contributed by atoms with E-state index in [0.29, 0.717) is 18.4 Å². The Kier molecular flexibility index (Phi) is 7.07. The number of para-hydroxylation sites is 2. The van der Waals surface area contributed by atoms with Crippen LogP contribution in [-0.4, -0.2) is 26.9 Å². The van der Waals surface area contributed by atoms with Crippen molar-refractivity contribution < 1.29 is 4.79 Å². The van der Waals surface area contributed by atoms with Crippen LogP contribution in [0, 0.1) is 0 Å². The summed E-state index contributed by atoms with van der Waals surface area (Å²) in [6.45, 7) is 2.21. The number of hydrogen-bond acceptors (Lipinski definition) is 7. The molecule has 33 heavy (non-hydrogen) atoms. The lowest BCUT2D eigenvalue weighted by Gasteiger charge is -2.16. The van der Waals surface area contributed by atoms with E-state index in [1.165, 1.54) is 0 Å². The van der Waals surface area contributed by atoms with Gasteiger partial charge in [0.15, 0.2) is 0 Å². The van der Waals surface area contributed by atoms with Crippen LogP contribution in [0.5, 0.6) is 0 Å². The fraction of sp³-hybridized carbons (Fsp3) is 0.120. The van der Waals surface area contributed by atoms with Crippen molar-refractivity contribution in [2.75, 3.05) is 16.0 Å². The predicted octanol–water partition coefficient (Wildman–Crippen LogP) is 4.48. The number of anilines is 5. The van der Waals surface area contributed by atoms with E-state index in [1.54, 1.807) is 6.92 Å². The highest BCUT2D eigenvalue weighted by Gasteiger charge is 2.15. The molecular formula is C25H25N7O. The highest BCUT2D eigenvalue weighted by Crippen LogP contribution is 2.18. The molecule has 0 aliphatic heterocycles. The molecule has 1 aromatic heterocycles.